The number of rotatable bonds is 5. The number of fused-ring (bicyclic) bond motifs is 1. The van der Waals surface area contributed by atoms with Crippen LogP contribution in [-0.2, 0) is 19.2 Å². The predicted molar refractivity (Wildman–Crippen MR) is 83.4 cm³/mol. The molecule has 6 nitrogen and oxygen atoms in total. The summed E-state index contributed by atoms with van der Waals surface area (Å²) in [6.45, 7) is 2.04. The Hall–Kier alpha value is -2.84. The fourth-order valence-electron chi connectivity index (χ4n) is 2.33. The molecule has 25 heavy (non-hydrogen) atoms. The van der Waals surface area contributed by atoms with Gasteiger partial charge in [-0.1, -0.05) is 25.5 Å². The van der Waals surface area contributed by atoms with Gasteiger partial charge in [-0.3, -0.25) is 9.89 Å². The molecule has 0 fully saturated rings. The Kier molecular flexibility index (Phi) is 4.47. The van der Waals surface area contributed by atoms with Crippen LogP contribution in [0.5, 0.6) is 5.75 Å². The Labute approximate surface area is 140 Å². The maximum absolute atomic E-state index is 12.7. The smallest absolute Gasteiger partial charge is 0.451 e. The zero-order chi connectivity index (χ0) is 18.0. The van der Waals surface area contributed by atoms with Crippen molar-refractivity contribution in [2.75, 3.05) is 0 Å². The lowest BCUT2D eigenvalue weighted by Crippen LogP contribution is -2.17. The highest BCUT2D eigenvalue weighted by Crippen LogP contribution is 2.25. The zero-order valence-corrected chi connectivity index (χ0v) is 13.3. The van der Waals surface area contributed by atoms with E-state index in [1.54, 1.807) is 12.1 Å². The van der Waals surface area contributed by atoms with Gasteiger partial charge in [-0.2, -0.15) is 22.7 Å². The van der Waals surface area contributed by atoms with E-state index in [1.807, 2.05) is 17.2 Å². The number of hydrogen-bond acceptors (Lipinski definition) is 4. The molecule has 1 N–H and O–H groups in total. The van der Waals surface area contributed by atoms with Gasteiger partial charge in [0.05, 0.1) is 5.69 Å². The number of benzene rings is 1. The Morgan fingerprint density at radius 2 is 1.92 bits per heavy atom. The van der Waals surface area contributed by atoms with E-state index in [0.717, 1.165) is 18.9 Å². The van der Waals surface area contributed by atoms with Crippen molar-refractivity contribution in [1.29, 1.82) is 0 Å². The first kappa shape index (κ1) is 17.0. The molecule has 2 aromatic heterocycles. The fourth-order valence-corrected chi connectivity index (χ4v) is 2.33. The second-order valence-corrected chi connectivity index (χ2v) is 5.47. The van der Waals surface area contributed by atoms with E-state index in [1.165, 1.54) is 5.56 Å². The van der Waals surface area contributed by atoms with Crippen molar-refractivity contribution in [3.05, 3.63) is 57.8 Å². The minimum absolute atomic E-state index is 0.0485. The number of nitrogens with one attached hydrogen (secondary N) is 1. The highest BCUT2D eigenvalue weighted by atomic mass is 19.4. The molecule has 3 aromatic rings. The molecule has 0 amide bonds. The summed E-state index contributed by atoms with van der Waals surface area (Å²) in [5.41, 5.74) is 0.691. The minimum atomic E-state index is -4.68. The quantitative estimate of drug-likeness (QED) is 0.766. The number of H-pyrrole nitrogens is 1. The number of ether oxygens (including phenoxy) is 1. The highest BCUT2D eigenvalue weighted by molar-refractivity contribution is 5.30. The van der Waals surface area contributed by atoms with E-state index in [4.69, 9.17) is 4.74 Å². The molecule has 0 bridgehead atoms. The summed E-state index contributed by atoms with van der Waals surface area (Å²) in [4.78, 5) is 19.1. The molecule has 0 aliphatic heterocycles. The largest absolute Gasteiger partial charge is 0.487 e. The van der Waals surface area contributed by atoms with Crippen molar-refractivity contribution in [2.45, 2.75) is 32.5 Å². The van der Waals surface area contributed by atoms with E-state index in [0.29, 0.717) is 10.3 Å². The van der Waals surface area contributed by atoms with Gasteiger partial charge in [0.1, 0.15) is 12.4 Å². The van der Waals surface area contributed by atoms with Gasteiger partial charge in [0.2, 0.25) is 5.82 Å². The Morgan fingerprint density at radius 1 is 1.20 bits per heavy atom. The van der Waals surface area contributed by atoms with Gasteiger partial charge in [-0.25, -0.2) is 4.98 Å². The van der Waals surface area contributed by atoms with Crippen molar-refractivity contribution in [3.8, 4) is 5.75 Å². The van der Waals surface area contributed by atoms with Crippen LogP contribution in [0.2, 0.25) is 0 Å². The molecule has 0 aliphatic carbocycles. The summed E-state index contributed by atoms with van der Waals surface area (Å²) in [6.07, 6.45) is -2.68. The third-order valence-corrected chi connectivity index (χ3v) is 3.50. The van der Waals surface area contributed by atoms with Crippen LogP contribution < -0.4 is 10.3 Å². The van der Waals surface area contributed by atoms with Crippen LogP contribution in [0.1, 0.15) is 30.4 Å². The fraction of sp³-hybridized carbons (Fsp3) is 0.312. The first-order valence-corrected chi connectivity index (χ1v) is 7.64. The van der Waals surface area contributed by atoms with E-state index in [2.05, 4.69) is 16.9 Å². The summed E-state index contributed by atoms with van der Waals surface area (Å²) in [6, 6.07) is 8.58. The van der Waals surface area contributed by atoms with Crippen molar-refractivity contribution in [3.63, 3.8) is 0 Å². The average Bonchev–Trinajstić information content (AvgIpc) is 3.00. The highest BCUT2D eigenvalue weighted by Gasteiger charge is 2.35. The Bertz CT molecular complexity index is 929. The van der Waals surface area contributed by atoms with Gasteiger partial charge in [-0.15, -0.1) is 0 Å². The topological polar surface area (TPSA) is 72.3 Å². The average molecular weight is 352 g/mol. The molecule has 0 unspecified atom stereocenters. The van der Waals surface area contributed by atoms with E-state index in [-0.39, 0.29) is 18.1 Å². The summed E-state index contributed by atoms with van der Waals surface area (Å²) in [5.74, 6) is -1.04. The molecule has 0 aliphatic rings. The number of aromatic amines is 1. The van der Waals surface area contributed by atoms with Gasteiger partial charge < -0.3 is 4.74 Å². The summed E-state index contributed by atoms with van der Waals surface area (Å²) >= 11 is 0. The van der Waals surface area contributed by atoms with Crippen molar-refractivity contribution in [2.24, 2.45) is 0 Å². The van der Waals surface area contributed by atoms with Gasteiger partial charge in [-0.05, 0) is 24.1 Å². The van der Waals surface area contributed by atoms with Gasteiger partial charge >= 0.3 is 6.18 Å². The van der Waals surface area contributed by atoms with Crippen LogP contribution >= 0.6 is 0 Å². The maximum atomic E-state index is 12.7. The standard InChI is InChI=1S/C16H15F3N4O2/c1-2-3-10-4-6-12(7-5-10)25-9-11-8-13(24)23-15(20-11)21-14(22-23)16(17,18)19/h4-8H,2-3,9H2,1H3,(H,20,21,22). The van der Waals surface area contributed by atoms with E-state index < -0.39 is 17.6 Å². The Balaban J connectivity index is 1.78. The predicted octanol–water partition coefficient (Wildman–Crippen LogP) is 2.97. The summed E-state index contributed by atoms with van der Waals surface area (Å²) in [5, 5.41) is 1.89. The first-order chi connectivity index (χ1) is 11.9. The molecule has 2 heterocycles. The number of aryl methyl sites for hydroxylation is 1. The number of halogens is 3. The van der Waals surface area contributed by atoms with Crippen molar-refractivity contribution in [1.82, 2.24) is 19.6 Å². The molecule has 0 spiro atoms. The first-order valence-electron chi connectivity index (χ1n) is 7.64. The lowest BCUT2D eigenvalue weighted by molar-refractivity contribution is -0.144. The molecule has 0 saturated carbocycles. The minimum Gasteiger partial charge on any atom is -0.487 e. The van der Waals surface area contributed by atoms with Crippen LogP contribution in [0.25, 0.3) is 5.78 Å². The molecule has 0 saturated heterocycles. The lowest BCUT2D eigenvalue weighted by Gasteiger charge is -2.06. The molecular weight excluding hydrogens is 337 g/mol. The van der Waals surface area contributed by atoms with Crippen molar-refractivity contribution >= 4 is 5.78 Å². The summed E-state index contributed by atoms with van der Waals surface area (Å²) < 4.78 is 44.1. The van der Waals surface area contributed by atoms with Crippen LogP contribution in [0.15, 0.2) is 35.1 Å². The SMILES string of the molecule is CCCc1ccc(OCc2cc(=O)n3[nH]c(C(F)(F)F)nc3n2)cc1. The molecular formula is C16H15F3N4O2. The maximum Gasteiger partial charge on any atom is 0.451 e. The number of aromatic nitrogens is 4. The van der Waals surface area contributed by atoms with Crippen LogP contribution in [-0.4, -0.2) is 19.6 Å². The van der Waals surface area contributed by atoms with Crippen LogP contribution in [0, 0.1) is 0 Å². The van der Waals surface area contributed by atoms with E-state index >= 15 is 0 Å². The molecule has 0 atom stereocenters. The normalized spacial score (nSPS) is 11.8. The van der Waals surface area contributed by atoms with Crippen LogP contribution in [0.3, 0.4) is 0 Å². The zero-order valence-electron chi connectivity index (χ0n) is 13.3. The summed E-state index contributed by atoms with van der Waals surface area (Å²) in [7, 11) is 0. The van der Waals surface area contributed by atoms with Crippen molar-refractivity contribution < 1.29 is 17.9 Å². The monoisotopic (exact) mass is 352 g/mol. The Morgan fingerprint density at radius 3 is 2.56 bits per heavy atom. The molecule has 3 rings (SSSR count). The molecule has 0 radical (unpaired) electrons. The van der Waals surface area contributed by atoms with Gasteiger partial charge in [0.25, 0.3) is 11.3 Å². The molecule has 1 aromatic carbocycles. The molecule has 132 valence electrons. The second-order valence-electron chi connectivity index (χ2n) is 5.47. The third kappa shape index (κ3) is 3.81. The number of hydrogen-bond donors (Lipinski definition) is 1. The second kappa shape index (κ2) is 6.58. The lowest BCUT2D eigenvalue weighted by atomic mass is 10.1. The number of nitrogens with zero attached hydrogens (tertiary/aromatic N) is 3. The van der Waals surface area contributed by atoms with Gasteiger partial charge in [0, 0.05) is 6.07 Å². The van der Waals surface area contributed by atoms with Crippen LogP contribution in [0.4, 0.5) is 13.2 Å². The van der Waals surface area contributed by atoms with E-state index in [9.17, 15) is 18.0 Å². The third-order valence-electron chi connectivity index (χ3n) is 3.50. The van der Waals surface area contributed by atoms with Gasteiger partial charge in [0.15, 0.2) is 0 Å². The number of alkyl halides is 3. The molecule has 9 heteroatoms.